The number of carbonyl (C=O) groups is 1. The monoisotopic (exact) mass is 151 g/mol. The smallest absolute Gasteiger partial charge is 0.309 e. The van der Waals surface area contributed by atoms with Gasteiger partial charge in [-0.1, -0.05) is 6.92 Å². The maximum atomic E-state index is 10.6. The van der Waals surface area contributed by atoms with Crippen LogP contribution in [0.4, 0.5) is 0 Å². The Morgan fingerprint density at radius 3 is 2.78 bits per heavy atom. The van der Waals surface area contributed by atoms with E-state index in [2.05, 4.69) is 9.57 Å². The number of methoxy groups -OCH3 is 1. The van der Waals surface area contributed by atoms with E-state index < -0.39 is 0 Å². The van der Waals surface area contributed by atoms with Crippen LogP contribution < -0.4 is 4.84 Å². The average molecular weight is 152 g/mol. The molecule has 54 valence electrons. The number of esters is 1. The SMILES string of the molecule is COC(=O)[C@@H](C)CNCl. The zero-order valence-electron chi connectivity index (χ0n) is 5.48. The van der Waals surface area contributed by atoms with Crippen molar-refractivity contribution in [3.8, 4) is 0 Å². The lowest BCUT2D eigenvalue weighted by molar-refractivity contribution is -0.144. The van der Waals surface area contributed by atoms with E-state index in [4.69, 9.17) is 11.8 Å². The lowest BCUT2D eigenvalue weighted by Crippen LogP contribution is -2.21. The molecule has 0 unspecified atom stereocenters. The Morgan fingerprint density at radius 1 is 1.89 bits per heavy atom. The molecule has 0 heterocycles. The second kappa shape index (κ2) is 4.58. The number of carbonyl (C=O) groups excluding carboxylic acids is 1. The highest BCUT2D eigenvalue weighted by Crippen LogP contribution is 1.94. The van der Waals surface area contributed by atoms with Gasteiger partial charge in [0.05, 0.1) is 13.0 Å². The number of rotatable bonds is 3. The Balaban J connectivity index is 3.45. The van der Waals surface area contributed by atoms with E-state index in [1.807, 2.05) is 0 Å². The van der Waals surface area contributed by atoms with Crippen molar-refractivity contribution in [3.63, 3.8) is 0 Å². The lowest BCUT2D eigenvalue weighted by Gasteiger charge is -2.05. The number of halogens is 1. The van der Waals surface area contributed by atoms with Crippen molar-refractivity contribution >= 4 is 17.7 Å². The maximum Gasteiger partial charge on any atom is 0.309 e. The van der Waals surface area contributed by atoms with Crippen LogP contribution in [0.1, 0.15) is 6.92 Å². The van der Waals surface area contributed by atoms with Gasteiger partial charge in [0.25, 0.3) is 0 Å². The minimum absolute atomic E-state index is 0.174. The first-order valence-corrected chi connectivity index (χ1v) is 3.01. The Morgan fingerprint density at radius 2 is 2.44 bits per heavy atom. The van der Waals surface area contributed by atoms with Gasteiger partial charge in [-0.15, -0.1) is 0 Å². The van der Waals surface area contributed by atoms with E-state index in [0.29, 0.717) is 6.54 Å². The minimum Gasteiger partial charge on any atom is -0.469 e. The Bertz CT molecular complexity index is 97.0. The molecule has 0 saturated carbocycles. The van der Waals surface area contributed by atoms with Gasteiger partial charge in [-0.05, 0) is 11.8 Å². The van der Waals surface area contributed by atoms with Gasteiger partial charge < -0.3 is 4.74 Å². The van der Waals surface area contributed by atoms with Crippen LogP contribution in [0.25, 0.3) is 0 Å². The van der Waals surface area contributed by atoms with Crippen LogP contribution in [0.3, 0.4) is 0 Å². The van der Waals surface area contributed by atoms with Crippen molar-refractivity contribution in [1.82, 2.24) is 4.84 Å². The van der Waals surface area contributed by atoms with Crippen LogP contribution in [-0.2, 0) is 9.53 Å². The van der Waals surface area contributed by atoms with Crippen LogP contribution in [0, 0.1) is 5.92 Å². The maximum absolute atomic E-state index is 10.6. The normalized spacial score (nSPS) is 12.8. The Hall–Kier alpha value is -0.280. The first kappa shape index (κ1) is 8.72. The van der Waals surface area contributed by atoms with Gasteiger partial charge >= 0.3 is 5.97 Å². The molecule has 0 fully saturated rings. The number of hydrogen-bond acceptors (Lipinski definition) is 3. The molecule has 9 heavy (non-hydrogen) atoms. The van der Waals surface area contributed by atoms with Crippen LogP contribution >= 0.6 is 11.8 Å². The van der Waals surface area contributed by atoms with Gasteiger partial charge in [0.15, 0.2) is 0 Å². The molecular weight excluding hydrogens is 142 g/mol. The van der Waals surface area contributed by atoms with Crippen molar-refractivity contribution < 1.29 is 9.53 Å². The number of ether oxygens (including phenoxy) is 1. The highest BCUT2D eigenvalue weighted by molar-refractivity contribution is 6.13. The first-order chi connectivity index (χ1) is 4.22. The van der Waals surface area contributed by atoms with Gasteiger partial charge in [-0.25, -0.2) is 4.84 Å². The molecule has 4 heteroatoms. The van der Waals surface area contributed by atoms with E-state index in [0.717, 1.165) is 0 Å². The van der Waals surface area contributed by atoms with Crippen molar-refractivity contribution in [1.29, 1.82) is 0 Å². The molecule has 0 aliphatic rings. The summed E-state index contributed by atoms with van der Waals surface area (Å²) in [5.74, 6) is -0.421. The molecule has 0 aromatic rings. The van der Waals surface area contributed by atoms with Crippen molar-refractivity contribution in [2.24, 2.45) is 5.92 Å². The molecule has 1 atom stereocenters. The zero-order chi connectivity index (χ0) is 7.28. The fourth-order valence-electron chi connectivity index (χ4n) is 0.400. The molecule has 0 radical (unpaired) electrons. The molecule has 3 nitrogen and oxygen atoms in total. The molecule has 0 aliphatic carbocycles. The van der Waals surface area contributed by atoms with E-state index >= 15 is 0 Å². The standard InChI is InChI=1S/C5H10ClNO2/c1-4(3-7-6)5(8)9-2/h4,7H,3H2,1-2H3/t4-/m0/s1. The van der Waals surface area contributed by atoms with Gasteiger partial charge in [-0.2, -0.15) is 0 Å². The fourth-order valence-corrected chi connectivity index (χ4v) is 0.632. The molecular formula is C5H10ClNO2. The second-order valence-electron chi connectivity index (χ2n) is 1.76. The van der Waals surface area contributed by atoms with Crippen molar-refractivity contribution in [2.75, 3.05) is 13.7 Å². The van der Waals surface area contributed by atoms with Gasteiger partial charge in [0.1, 0.15) is 0 Å². The summed E-state index contributed by atoms with van der Waals surface area (Å²) in [6, 6.07) is 0. The van der Waals surface area contributed by atoms with E-state index in [1.54, 1.807) is 6.92 Å². The topological polar surface area (TPSA) is 38.3 Å². The molecule has 0 bridgehead atoms. The summed E-state index contributed by atoms with van der Waals surface area (Å²) in [6.45, 7) is 2.18. The Labute approximate surface area is 59.4 Å². The molecule has 0 aliphatic heterocycles. The molecule has 0 amide bonds. The summed E-state index contributed by atoms with van der Waals surface area (Å²) in [7, 11) is 1.35. The van der Waals surface area contributed by atoms with Gasteiger partial charge in [0, 0.05) is 6.54 Å². The summed E-state index contributed by atoms with van der Waals surface area (Å²) in [5.41, 5.74) is 0. The molecule has 0 rings (SSSR count). The van der Waals surface area contributed by atoms with Crippen LogP contribution in [0.5, 0.6) is 0 Å². The summed E-state index contributed by atoms with van der Waals surface area (Å²) in [5, 5.41) is 0. The van der Waals surface area contributed by atoms with E-state index in [9.17, 15) is 4.79 Å². The third-order valence-electron chi connectivity index (χ3n) is 0.987. The average Bonchev–Trinajstić information content (AvgIpc) is 1.87. The van der Waals surface area contributed by atoms with E-state index in [-0.39, 0.29) is 11.9 Å². The quantitative estimate of drug-likeness (QED) is 0.473. The molecule has 0 saturated heterocycles. The summed E-state index contributed by atoms with van der Waals surface area (Å²) >= 11 is 5.14. The van der Waals surface area contributed by atoms with Crippen molar-refractivity contribution in [3.05, 3.63) is 0 Å². The zero-order valence-corrected chi connectivity index (χ0v) is 6.23. The molecule has 0 spiro atoms. The van der Waals surface area contributed by atoms with Crippen molar-refractivity contribution in [2.45, 2.75) is 6.92 Å². The van der Waals surface area contributed by atoms with Gasteiger partial charge in [-0.3, -0.25) is 4.79 Å². The Kier molecular flexibility index (Phi) is 4.44. The second-order valence-corrected chi connectivity index (χ2v) is 2.03. The van der Waals surface area contributed by atoms with E-state index in [1.165, 1.54) is 7.11 Å². The summed E-state index contributed by atoms with van der Waals surface area (Å²) in [4.78, 5) is 12.9. The number of hydrogen-bond donors (Lipinski definition) is 1. The highest BCUT2D eigenvalue weighted by atomic mass is 35.5. The van der Waals surface area contributed by atoms with Crippen LogP contribution in [0.15, 0.2) is 0 Å². The predicted octanol–water partition coefficient (Wildman–Crippen LogP) is 0.539. The summed E-state index contributed by atoms with van der Waals surface area (Å²) < 4.78 is 4.43. The minimum atomic E-state index is -0.247. The number of nitrogens with one attached hydrogen (secondary N) is 1. The van der Waals surface area contributed by atoms with Crippen LogP contribution in [-0.4, -0.2) is 19.6 Å². The third-order valence-corrected chi connectivity index (χ3v) is 1.14. The molecule has 0 aromatic carbocycles. The third kappa shape index (κ3) is 3.32. The lowest BCUT2D eigenvalue weighted by atomic mass is 10.2. The molecule has 0 aromatic heterocycles. The highest BCUT2D eigenvalue weighted by Gasteiger charge is 2.10. The van der Waals surface area contributed by atoms with Gasteiger partial charge in [0.2, 0.25) is 0 Å². The molecule has 1 N–H and O–H groups in total. The first-order valence-electron chi connectivity index (χ1n) is 2.63. The fraction of sp³-hybridized carbons (Fsp3) is 0.800. The summed E-state index contributed by atoms with van der Waals surface area (Å²) in [6.07, 6.45) is 0. The predicted molar refractivity (Wildman–Crippen MR) is 35.0 cm³/mol. The van der Waals surface area contributed by atoms with Crippen LogP contribution in [0.2, 0.25) is 0 Å². The largest absolute Gasteiger partial charge is 0.469 e.